The second-order valence-corrected chi connectivity index (χ2v) is 11.9. The van der Waals surface area contributed by atoms with Gasteiger partial charge >= 0.3 is 13.6 Å². The van der Waals surface area contributed by atoms with Gasteiger partial charge in [-0.05, 0) is 57.7 Å². The molecule has 0 aliphatic rings. The molecular formula is C25H35N2O6P. The van der Waals surface area contributed by atoms with Gasteiger partial charge in [-0.2, -0.15) is 0 Å². The normalized spacial score (nSPS) is 13.3. The predicted octanol–water partition coefficient (Wildman–Crippen LogP) is 3.62. The number of carbonyl (C=O) groups excluding carboxylic acids is 2. The lowest BCUT2D eigenvalue weighted by Gasteiger charge is -2.32. The van der Waals surface area contributed by atoms with E-state index in [-0.39, 0.29) is 19.4 Å². The molecule has 1 unspecified atom stereocenters. The van der Waals surface area contributed by atoms with Crippen molar-refractivity contribution in [2.24, 2.45) is 0 Å². The van der Waals surface area contributed by atoms with Crippen molar-refractivity contribution < 1.29 is 28.7 Å². The summed E-state index contributed by atoms with van der Waals surface area (Å²) in [5.74, 6) is -0.901. The Morgan fingerprint density at radius 2 is 1.50 bits per heavy atom. The minimum atomic E-state index is -4.55. The molecule has 0 saturated carbocycles. The van der Waals surface area contributed by atoms with Crippen LogP contribution in [-0.4, -0.2) is 45.1 Å². The van der Waals surface area contributed by atoms with Crippen LogP contribution in [0.25, 0.3) is 11.1 Å². The van der Waals surface area contributed by atoms with E-state index in [0.717, 1.165) is 16.7 Å². The van der Waals surface area contributed by atoms with Crippen LogP contribution in [0.15, 0.2) is 54.6 Å². The highest BCUT2D eigenvalue weighted by Crippen LogP contribution is 2.48. The largest absolute Gasteiger partial charge is 0.460 e. The number of hydrogen-bond donors (Lipinski definition) is 4. The summed E-state index contributed by atoms with van der Waals surface area (Å²) in [4.78, 5) is 44.3. The van der Waals surface area contributed by atoms with E-state index in [1.165, 1.54) is 13.8 Å². The van der Waals surface area contributed by atoms with Crippen LogP contribution < -0.4 is 10.6 Å². The van der Waals surface area contributed by atoms with E-state index < -0.39 is 36.4 Å². The van der Waals surface area contributed by atoms with Crippen LogP contribution in [0, 0.1) is 0 Å². The van der Waals surface area contributed by atoms with Gasteiger partial charge in [-0.3, -0.25) is 19.5 Å². The molecule has 2 rings (SSSR count). The van der Waals surface area contributed by atoms with Crippen molar-refractivity contribution in [3.05, 3.63) is 60.2 Å². The fourth-order valence-electron chi connectivity index (χ4n) is 3.22. The molecule has 1 atom stereocenters. The van der Waals surface area contributed by atoms with Crippen molar-refractivity contribution in [3.8, 4) is 11.1 Å². The van der Waals surface area contributed by atoms with E-state index in [4.69, 9.17) is 4.74 Å². The molecule has 0 radical (unpaired) electrons. The monoisotopic (exact) mass is 490 g/mol. The molecule has 34 heavy (non-hydrogen) atoms. The molecule has 2 aromatic rings. The predicted molar refractivity (Wildman–Crippen MR) is 132 cm³/mol. The highest BCUT2D eigenvalue weighted by molar-refractivity contribution is 7.53. The number of benzene rings is 2. The van der Waals surface area contributed by atoms with E-state index in [1.54, 1.807) is 20.8 Å². The zero-order valence-electron chi connectivity index (χ0n) is 20.4. The lowest BCUT2D eigenvalue weighted by molar-refractivity contribution is -0.154. The first-order chi connectivity index (χ1) is 15.7. The first-order valence-corrected chi connectivity index (χ1v) is 12.8. The highest BCUT2D eigenvalue weighted by atomic mass is 31.2. The number of esters is 1. The van der Waals surface area contributed by atoms with Crippen LogP contribution in [0.5, 0.6) is 0 Å². The minimum absolute atomic E-state index is 0.0105. The van der Waals surface area contributed by atoms with Gasteiger partial charge in [-0.15, -0.1) is 0 Å². The summed E-state index contributed by atoms with van der Waals surface area (Å²) in [7, 11) is -4.55. The molecule has 9 heteroatoms. The summed E-state index contributed by atoms with van der Waals surface area (Å²) in [6.07, 6.45) is 0.195. The average Bonchev–Trinajstić information content (AvgIpc) is 2.72. The van der Waals surface area contributed by atoms with Gasteiger partial charge in [-0.25, -0.2) is 0 Å². The zero-order chi connectivity index (χ0) is 25.6. The van der Waals surface area contributed by atoms with Gasteiger partial charge in [0.05, 0.1) is 12.5 Å². The molecule has 186 valence electrons. The standard InChI is InChI=1S/C25H35N2O6P/c1-24(2,3)33-22(28)15-16-26-23(29)21(27-25(4,5)34(30,31)32)17-18-11-13-20(14-12-18)19-9-7-6-8-10-19/h6-14,21,27H,15-17H2,1-5H3,(H,26,29)(H2,30,31,32). The van der Waals surface area contributed by atoms with Crippen LogP contribution in [0.3, 0.4) is 0 Å². The molecule has 0 fully saturated rings. The number of rotatable bonds is 10. The van der Waals surface area contributed by atoms with Crippen molar-refractivity contribution in [1.29, 1.82) is 0 Å². The van der Waals surface area contributed by atoms with Crippen LogP contribution in [-0.2, 0) is 25.3 Å². The van der Waals surface area contributed by atoms with Crippen LogP contribution in [0.2, 0.25) is 0 Å². The van der Waals surface area contributed by atoms with Gasteiger partial charge in [0, 0.05) is 6.54 Å². The Balaban J connectivity index is 2.12. The zero-order valence-corrected chi connectivity index (χ0v) is 21.3. The quantitative estimate of drug-likeness (QED) is 0.296. The fourth-order valence-corrected chi connectivity index (χ4v) is 3.55. The molecular weight excluding hydrogens is 455 g/mol. The molecule has 0 aliphatic carbocycles. The van der Waals surface area contributed by atoms with Crippen molar-refractivity contribution in [1.82, 2.24) is 10.6 Å². The fraction of sp³-hybridized carbons (Fsp3) is 0.440. The second-order valence-electron chi connectivity index (χ2n) is 9.69. The Kier molecular flexibility index (Phi) is 9.20. The third kappa shape index (κ3) is 8.69. The van der Waals surface area contributed by atoms with Gasteiger partial charge in [-0.1, -0.05) is 54.6 Å². The van der Waals surface area contributed by atoms with Crippen LogP contribution in [0.1, 0.15) is 46.6 Å². The Hall–Kier alpha value is -2.51. The van der Waals surface area contributed by atoms with E-state index >= 15 is 0 Å². The summed E-state index contributed by atoms with van der Waals surface area (Å²) in [5, 5.41) is 3.87. The number of nitrogens with one attached hydrogen (secondary N) is 2. The smallest absolute Gasteiger partial charge is 0.344 e. The molecule has 0 heterocycles. The number of amides is 1. The molecule has 4 N–H and O–H groups in total. The van der Waals surface area contributed by atoms with Crippen molar-refractivity contribution in [2.45, 2.75) is 64.4 Å². The summed E-state index contributed by atoms with van der Waals surface area (Å²) in [6.45, 7) is 8.04. The molecule has 2 aromatic carbocycles. The van der Waals surface area contributed by atoms with Crippen LogP contribution in [0.4, 0.5) is 0 Å². The highest BCUT2D eigenvalue weighted by Gasteiger charge is 2.40. The number of ether oxygens (including phenoxy) is 1. The van der Waals surface area contributed by atoms with Crippen LogP contribution >= 0.6 is 7.60 Å². The third-order valence-corrected chi connectivity index (χ3v) is 6.71. The van der Waals surface area contributed by atoms with Crippen molar-refractivity contribution in [3.63, 3.8) is 0 Å². The first kappa shape index (κ1) is 27.7. The van der Waals surface area contributed by atoms with Gasteiger partial charge in [0.25, 0.3) is 0 Å². The summed E-state index contributed by atoms with van der Waals surface area (Å²) in [5.41, 5.74) is 2.28. The molecule has 8 nitrogen and oxygen atoms in total. The summed E-state index contributed by atoms with van der Waals surface area (Å²) in [6, 6.07) is 16.6. The third-order valence-electron chi connectivity index (χ3n) is 5.12. The van der Waals surface area contributed by atoms with Crippen molar-refractivity contribution >= 4 is 19.5 Å². The van der Waals surface area contributed by atoms with Gasteiger partial charge in [0.15, 0.2) is 0 Å². The maximum atomic E-state index is 12.9. The molecule has 0 aliphatic heterocycles. The SMILES string of the molecule is CC(C)(C)OC(=O)CCNC(=O)C(Cc1ccc(-c2ccccc2)cc1)NC(C)(C)P(=O)(O)O. The summed E-state index contributed by atoms with van der Waals surface area (Å²) >= 11 is 0. The Morgan fingerprint density at radius 1 is 0.941 bits per heavy atom. The van der Waals surface area contributed by atoms with E-state index in [9.17, 15) is 23.9 Å². The van der Waals surface area contributed by atoms with E-state index in [2.05, 4.69) is 10.6 Å². The van der Waals surface area contributed by atoms with E-state index in [1.807, 2.05) is 54.6 Å². The Morgan fingerprint density at radius 3 is 2.03 bits per heavy atom. The minimum Gasteiger partial charge on any atom is -0.460 e. The second kappa shape index (κ2) is 11.3. The number of hydrogen-bond acceptors (Lipinski definition) is 5. The molecule has 0 spiro atoms. The maximum absolute atomic E-state index is 12.9. The lowest BCUT2D eigenvalue weighted by Crippen LogP contribution is -2.53. The van der Waals surface area contributed by atoms with Crippen molar-refractivity contribution in [2.75, 3.05) is 6.54 Å². The Labute approximate surface area is 201 Å². The molecule has 1 amide bonds. The summed E-state index contributed by atoms with van der Waals surface area (Å²) < 4.78 is 17.2. The van der Waals surface area contributed by atoms with Gasteiger partial charge in [0.1, 0.15) is 10.9 Å². The van der Waals surface area contributed by atoms with Gasteiger partial charge < -0.3 is 19.8 Å². The van der Waals surface area contributed by atoms with E-state index in [0.29, 0.717) is 0 Å². The molecule has 0 bridgehead atoms. The first-order valence-electron chi connectivity index (χ1n) is 11.2. The van der Waals surface area contributed by atoms with Gasteiger partial charge in [0.2, 0.25) is 5.91 Å². The lowest BCUT2D eigenvalue weighted by atomic mass is 10.00. The average molecular weight is 491 g/mol. The number of carbonyl (C=O) groups is 2. The molecule has 0 aromatic heterocycles. The molecule has 0 saturated heterocycles. The maximum Gasteiger partial charge on any atom is 0.344 e. The Bertz CT molecular complexity index is 1010. The topological polar surface area (TPSA) is 125 Å².